The standard InChI is InChI=1S/C33H44O12/c1-4-13-24(27-18-30(37)44-32(27)39)14-10-8-11-16-25(28-19-31(38)45-33(28)40)15-9-6-5-7-12-17-29(36)42-21-26(43-23(3)35)20-41-22(2)34/h4,8,10-11,13,16,24-28H,5-7,9,12,14-15,17-21H2,1-3H3/b10-8+,13-4+,16-11+. The number of carbonyl (C=O) groups excluding carboxylic acids is 7. The lowest BCUT2D eigenvalue weighted by Gasteiger charge is -2.17. The minimum absolute atomic E-state index is 0.0417. The molecule has 12 heteroatoms. The van der Waals surface area contributed by atoms with Gasteiger partial charge in [0.15, 0.2) is 6.10 Å². The lowest BCUT2D eigenvalue weighted by atomic mass is 9.85. The van der Waals surface area contributed by atoms with Crippen LogP contribution < -0.4 is 0 Å². The summed E-state index contributed by atoms with van der Waals surface area (Å²) in [6.07, 6.45) is 15.8. The van der Waals surface area contributed by atoms with Gasteiger partial charge in [0.1, 0.15) is 13.2 Å². The van der Waals surface area contributed by atoms with E-state index in [1.54, 1.807) is 0 Å². The first-order chi connectivity index (χ1) is 21.5. The largest absolute Gasteiger partial charge is 0.462 e. The molecule has 2 heterocycles. The van der Waals surface area contributed by atoms with Crippen LogP contribution in [-0.2, 0) is 57.2 Å². The summed E-state index contributed by atoms with van der Waals surface area (Å²) in [4.78, 5) is 81.7. The fourth-order valence-electron chi connectivity index (χ4n) is 5.21. The molecule has 0 aromatic carbocycles. The van der Waals surface area contributed by atoms with Crippen LogP contribution in [0.5, 0.6) is 0 Å². The zero-order valence-electron chi connectivity index (χ0n) is 26.2. The number of ether oxygens (including phenoxy) is 5. The van der Waals surface area contributed by atoms with Crippen LogP contribution in [-0.4, -0.2) is 61.1 Å². The Hall–Kier alpha value is -4.09. The average molecular weight is 633 g/mol. The van der Waals surface area contributed by atoms with Crippen LogP contribution in [0.1, 0.15) is 85.0 Å². The highest BCUT2D eigenvalue weighted by Gasteiger charge is 2.38. The summed E-state index contributed by atoms with van der Waals surface area (Å²) in [6, 6.07) is 0. The van der Waals surface area contributed by atoms with E-state index in [-0.39, 0.29) is 44.3 Å². The van der Waals surface area contributed by atoms with Gasteiger partial charge in [-0.2, -0.15) is 0 Å². The molecule has 2 aliphatic heterocycles. The third-order valence-corrected chi connectivity index (χ3v) is 7.45. The lowest BCUT2D eigenvalue weighted by Crippen LogP contribution is -2.29. The molecular weight excluding hydrogens is 588 g/mol. The first-order valence-corrected chi connectivity index (χ1v) is 15.4. The summed E-state index contributed by atoms with van der Waals surface area (Å²) in [5.41, 5.74) is 0. The molecule has 2 saturated heterocycles. The summed E-state index contributed by atoms with van der Waals surface area (Å²) in [7, 11) is 0. The number of cyclic esters (lactones) is 4. The minimum atomic E-state index is -0.861. The second kappa shape index (κ2) is 20.0. The Balaban J connectivity index is 1.76. The summed E-state index contributed by atoms with van der Waals surface area (Å²) < 4.78 is 24.4. The zero-order valence-corrected chi connectivity index (χ0v) is 26.2. The van der Waals surface area contributed by atoms with Crippen molar-refractivity contribution >= 4 is 41.8 Å². The van der Waals surface area contributed by atoms with Gasteiger partial charge in [0.05, 0.1) is 24.7 Å². The first kappa shape index (κ1) is 37.1. The van der Waals surface area contributed by atoms with Crippen LogP contribution in [0.4, 0.5) is 0 Å². The molecule has 0 saturated carbocycles. The normalized spacial score (nSPS) is 20.4. The van der Waals surface area contributed by atoms with Crippen molar-refractivity contribution in [3.8, 4) is 0 Å². The first-order valence-electron chi connectivity index (χ1n) is 15.4. The van der Waals surface area contributed by atoms with Crippen LogP contribution >= 0.6 is 0 Å². The molecule has 45 heavy (non-hydrogen) atoms. The number of hydrogen-bond acceptors (Lipinski definition) is 12. The molecule has 0 aliphatic carbocycles. The smallest absolute Gasteiger partial charge is 0.317 e. The number of esters is 7. The maximum atomic E-state index is 12.3. The van der Waals surface area contributed by atoms with E-state index >= 15 is 0 Å². The predicted octanol–water partition coefficient (Wildman–Crippen LogP) is 4.25. The van der Waals surface area contributed by atoms with Crippen LogP contribution in [0, 0.1) is 23.7 Å². The molecule has 5 atom stereocenters. The second-order valence-electron chi connectivity index (χ2n) is 11.1. The van der Waals surface area contributed by atoms with Gasteiger partial charge in [-0.15, -0.1) is 0 Å². The number of rotatable bonds is 20. The molecule has 0 aromatic rings. The van der Waals surface area contributed by atoms with E-state index in [4.69, 9.17) is 18.9 Å². The Morgan fingerprint density at radius 1 is 0.778 bits per heavy atom. The number of hydrogen-bond donors (Lipinski definition) is 0. The van der Waals surface area contributed by atoms with Crippen LogP contribution in [0.25, 0.3) is 0 Å². The molecule has 2 fully saturated rings. The van der Waals surface area contributed by atoms with Crippen molar-refractivity contribution in [2.45, 2.75) is 91.1 Å². The second-order valence-corrected chi connectivity index (χ2v) is 11.1. The quantitative estimate of drug-likeness (QED) is 0.0468. The molecule has 0 aromatic heterocycles. The number of carbonyl (C=O) groups is 7. The van der Waals surface area contributed by atoms with Crippen LogP contribution in [0.3, 0.4) is 0 Å². The molecule has 0 amide bonds. The summed E-state index contributed by atoms with van der Waals surface area (Å²) in [5.74, 6) is -4.98. The van der Waals surface area contributed by atoms with E-state index in [1.807, 2.05) is 43.4 Å². The van der Waals surface area contributed by atoms with E-state index in [0.717, 1.165) is 25.7 Å². The summed E-state index contributed by atoms with van der Waals surface area (Å²) in [6.45, 7) is 3.89. The molecule has 0 N–H and O–H groups in total. The maximum Gasteiger partial charge on any atom is 0.317 e. The van der Waals surface area contributed by atoms with E-state index in [2.05, 4.69) is 4.74 Å². The van der Waals surface area contributed by atoms with Gasteiger partial charge in [-0.05, 0) is 38.0 Å². The predicted molar refractivity (Wildman–Crippen MR) is 159 cm³/mol. The van der Waals surface area contributed by atoms with Gasteiger partial charge in [0, 0.05) is 20.3 Å². The monoisotopic (exact) mass is 632 g/mol. The molecule has 248 valence electrons. The summed E-state index contributed by atoms with van der Waals surface area (Å²) >= 11 is 0. The molecule has 5 unspecified atom stereocenters. The van der Waals surface area contributed by atoms with Crippen LogP contribution in [0.2, 0.25) is 0 Å². The van der Waals surface area contributed by atoms with Gasteiger partial charge >= 0.3 is 41.8 Å². The summed E-state index contributed by atoms with van der Waals surface area (Å²) in [5, 5.41) is 0. The van der Waals surface area contributed by atoms with Crippen molar-refractivity contribution in [2.75, 3.05) is 13.2 Å². The highest BCUT2D eigenvalue weighted by molar-refractivity contribution is 5.95. The van der Waals surface area contributed by atoms with Crippen molar-refractivity contribution < 1.29 is 57.2 Å². The Labute approximate surface area is 263 Å². The van der Waals surface area contributed by atoms with Crippen molar-refractivity contribution in [2.24, 2.45) is 23.7 Å². The Kier molecular flexibility index (Phi) is 16.5. The number of unbranched alkanes of at least 4 members (excludes halogenated alkanes) is 4. The molecule has 12 nitrogen and oxygen atoms in total. The van der Waals surface area contributed by atoms with Crippen molar-refractivity contribution in [1.29, 1.82) is 0 Å². The van der Waals surface area contributed by atoms with Gasteiger partial charge < -0.3 is 23.7 Å². The fourth-order valence-corrected chi connectivity index (χ4v) is 5.21. The minimum Gasteiger partial charge on any atom is -0.462 e. The SMILES string of the molecule is C/C=C/C(C/C=C/C=C/C(CCCCCCCC(=O)OCC(COC(C)=O)OC(C)=O)C1CC(=O)OC1=O)C1CC(=O)OC1=O. The van der Waals surface area contributed by atoms with Gasteiger partial charge in [0.25, 0.3) is 0 Å². The number of allylic oxidation sites excluding steroid dienone is 6. The third-order valence-electron chi connectivity index (χ3n) is 7.45. The molecule has 0 spiro atoms. The van der Waals surface area contributed by atoms with Gasteiger partial charge in [-0.3, -0.25) is 33.6 Å². The van der Waals surface area contributed by atoms with E-state index in [9.17, 15) is 33.6 Å². The fraction of sp³-hybridized carbons (Fsp3) is 0.606. The maximum absolute atomic E-state index is 12.3. The molecule has 0 radical (unpaired) electrons. The van der Waals surface area contributed by atoms with Gasteiger partial charge in [-0.1, -0.05) is 62.1 Å². The molecule has 0 bridgehead atoms. The van der Waals surface area contributed by atoms with E-state index in [1.165, 1.54) is 13.8 Å². The molecule has 2 rings (SSSR count). The highest BCUT2D eigenvalue weighted by atomic mass is 16.6. The Morgan fingerprint density at radius 2 is 1.38 bits per heavy atom. The van der Waals surface area contributed by atoms with Gasteiger partial charge in [-0.25, -0.2) is 0 Å². The van der Waals surface area contributed by atoms with Crippen molar-refractivity contribution in [1.82, 2.24) is 0 Å². The Bertz CT molecular complexity index is 1150. The lowest BCUT2D eigenvalue weighted by molar-refractivity contribution is -0.164. The topological polar surface area (TPSA) is 166 Å². The average Bonchev–Trinajstić information content (AvgIpc) is 3.49. The van der Waals surface area contributed by atoms with Crippen molar-refractivity contribution in [3.63, 3.8) is 0 Å². The van der Waals surface area contributed by atoms with Crippen molar-refractivity contribution in [3.05, 3.63) is 36.5 Å². The van der Waals surface area contributed by atoms with E-state index < -0.39 is 59.7 Å². The Morgan fingerprint density at radius 3 is 1.96 bits per heavy atom. The molecular formula is C33H44O12. The highest BCUT2D eigenvalue weighted by Crippen LogP contribution is 2.31. The molecule has 2 aliphatic rings. The zero-order chi connectivity index (χ0) is 33.2. The van der Waals surface area contributed by atoms with E-state index in [0.29, 0.717) is 19.3 Å². The van der Waals surface area contributed by atoms with Gasteiger partial charge in [0.2, 0.25) is 0 Å². The third kappa shape index (κ3) is 14.5. The van der Waals surface area contributed by atoms with Crippen LogP contribution in [0.15, 0.2) is 36.5 Å².